The number of rotatable bonds is 2. The highest BCUT2D eigenvalue weighted by Gasteiger charge is 2.11. The molecular formula is C21H17BrN2. The second kappa shape index (κ2) is 5.99. The van der Waals surface area contributed by atoms with Gasteiger partial charge in [-0.25, -0.2) is 0 Å². The first-order chi connectivity index (χ1) is 11.6. The lowest BCUT2D eigenvalue weighted by molar-refractivity contribution is 0.876. The van der Waals surface area contributed by atoms with Gasteiger partial charge in [0.15, 0.2) is 0 Å². The average Bonchev–Trinajstić information content (AvgIpc) is 2.61. The van der Waals surface area contributed by atoms with E-state index in [9.17, 15) is 0 Å². The Balaban J connectivity index is 1.97. The number of aromatic nitrogens is 2. The second-order valence-corrected chi connectivity index (χ2v) is 7.08. The quantitative estimate of drug-likeness (QED) is 0.408. The SMILES string of the molecule is CC(C)c1cccc2ncc(-c3ccc4ncccc4c3Br)cc12. The van der Waals surface area contributed by atoms with Gasteiger partial charge in [0.25, 0.3) is 0 Å². The summed E-state index contributed by atoms with van der Waals surface area (Å²) in [7, 11) is 0. The monoisotopic (exact) mass is 376 g/mol. The van der Waals surface area contributed by atoms with Crippen LogP contribution in [0.2, 0.25) is 0 Å². The third kappa shape index (κ3) is 2.49. The summed E-state index contributed by atoms with van der Waals surface area (Å²) in [4.78, 5) is 9.10. The van der Waals surface area contributed by atoms with Crippen molar-refractivity contribution < 1.29 is 0 Å². The summed E-state index contributed by atoms with van der Waals surface area (Å²) in [6, 6.07) is 16.8. The first-order valence-electron chi connectivity index (χ1n) is 8.07. The summed E-state index contributed by atoms with van der Waals surface area (Å²) < 4.78 is 1.07. The van der Waals surface area contributed by atoms with Gasteiger partial charge in [-0.15, -0.1) is 0 Å². The van der Waals surface area contributed by atoms with E-state index in [-0.39, 0.29) is 0 Å². The van der Waals surface area contributed by atoms with Gasteiger partial charge >= 0.3 is 0 Å². The largest absolute Gasteiger partial charge is 0.256 e. The zero-order chi connectivity index (χ0) is 16.7. The summed E-state index contributed by atoms with van der Waals surface area (Å²) in [6.45, 7) is 4.44. The maximum Gasteiger partial charge on any atom is 0.0713 e. The van der Waals surface area contributed by atoms with Crippen molar-refractivity contribution in [2.24, 2.45) is 0 Å². The molecule has 0 atom stereocenters. The van der Waals surface area contributed by atoms with Crippen LogP contribution in [0.3, 0.4) is 0 Å². The van der Waals surface area contributed by atoms with Crippen LogP contribution in [-0.4, -0.2) is 9.97 Å². The number of hydrogen-bond donors (Lipinski definition) is 0. The molecule has 4 rings (SSSR count). The standard InChI is InChI=1S/C21H17BrN2/c1-13(2)15-5-3-7-19-18(15)11-14(12-24-19)16-8-9-20-17(21(16)22)6-4-10-23-20/h3-13H,1-2H3. The van der Waals surface area contributed by atoms with Gasteiger partial charge in [-0.05, 0) is 57.2 Å². The predicted molar refractivity (Wildman–Crippen MR) is 104 cm³/mol. The Morgan fingerprint density at radius 2 is 1.71 bits per heavy atom. The third-order valence-electron chi connectivity index (χ3n) is 4.41. The topological polar surface area (TPSA) is 25.8 Å². The minimum absolute atomic E-state index is 0.468. The van der Waals surface area contributed by atoms with Crippen LogP contribution in [0, 0.1) is 0 Å². The van der Waals surface area contributed by atoms with E-state index in [0.29, 0.717) is 5.92 Å². The van der Waals surface area contributed by atoms with Crippen molar-refractivity contribution in [1.29, 1.82) is 0 Å². The van der Waals surface area contributed by atoms with Crippen molar-refractivity contribution in [1.82, 2.24) is 9.97 Å². The number of fused-ring (bicyclic) bond motifs is 2. The Labute approximate surface area is 149 Å². The first kappa shape index (κ1) is 15.3. The van der Waals surface area contributed by atoms with Crippen LogP contribution >= 0.6 is 15.9 Å². The fourth-order valence-electron chi connectivity index (χ4n) is 3.16. The summed E-state index contributed by atoms with van der Waals surface area (Å²) >= 11 is 3.76. The molecule has 0 aliphatic rings. The molecule has 0 amide bonds. The van der Waals surface area contributed by atoms with Gasteiger partial charge in [0.2, 0.25) is 0 Å². The van der Waals surface area contributed by atoms with Gasteiger partial charge < -0.3 is 0 Å². The van der Waals surface area contributed by atoms with E-state index in [1.807, 2.05) is 18.5 Å². The van der Waals surface area contributed by atoms with E-state index in [1.165, 1.54) is 10.9 Å². The molecule has 0 saturated heterocycles. The fraction of sp³-hybridized carbons (Fsp3) is 0.143. The van der Waals surface area contributed by atoms with Crippen molar-refractivity contribution in [3.05, 3.63) is 71.0 Å². The molecular weight excluding hydrogens is 360 g/mol. The first-order valence-corrected chi connectivity index (χ1v) is 8.87. The molecule has 0 fully saturated rings. The highest BCUT2D eigenvalue weighted by molar-refractivity contribution is 9.10. The van der Waals surface area contributed by atoms with Crippen molar-refractivity contribution in [2.45, 2.75) is 19.8 Å². The van der Waals surface area contributed by atoms with Gasteiger partial charge in [-0.3, -0.25) is 9.97 Å². The van der Waals surface area contributed by atoms with Gasteiger partial charge in [0.05, 0.1) is 11.0 Å². The summed E-state index contributed by atoms with van der Waals surface area (Å²) in [5.41, 5.74) is 5.63. The molecule has 0 aliphatic carbocycles. The maximum absolute atomic E-state index is 4.69. The molecule has 2 aromatic heterocycles. The maximum atomic E-state index is 4.69. The predicted octanol–water partition coefficient (Wildman–Crippen LogP) is 6.34. The van der Waals surface area contributed by atoms with Gasteiger partial charge in [-0.1, -0.05) is 38.1 Å². The van der Waals surface area contributed by atoms with Gasteiger partial charge in [-0.2, -0.15) is 0 Å². The Morgan fingerprint density at radius 3 is 2.54 bits per heavy atom. The normalized spacial score (nSPS) is 11.5. The van der Waals surface area contributed by atoms with Gasteiger partial charge in [0.1, 0.15) is 0 Å². The molecule has 0 saturated carbocycles. The Kier molecular flexibility index (Phi) is 3.81. The molecule has 0 spiro atoms. The van der Waals surface area contributed by atoms with E-state index in [0.717, 1.165) is 32.0 Å². The van der Waals surface area contributed by atoms with E-state index in [2.05, 4.69) is 82.2 Å². The zero-order valence-corrected chi connectivity index (χ0v) is 15.2. The average molecular weight is 377 g/mol. The number of benzene rings is 2. The molecule has 0 unspecified atom stereocenters. The lowest BCUT2D eigenvalue weighted by Crippen LogP contribution is -1.92. The molecule has 0 bridgehead atoms. The highest BCUT2D eigenvalue weighted by atomic mass is 79.9. The van der Waals surface area contributed by atoms with Crippen molar-refractivity contribution >= 4 is 37.7 Å². The number of nitrogens with zero attached hydrogens (tertiary/aromatic N) is 2. The van der Waals surface area contributed by atoms with Gasteiger partial charge in [0, 0.05) is 33.2 Å². The Bertz CT molecular complexity index is 1050. The lowest BCUT2D eigenvalue weighted by Gasteiger charge is -2.12. The van der Waals surface area contributed by atoms with E-state index in [1.54, 1.807) is 0 Å². The highest BCUT2D eigenvalue weighted by Crippen LogP contribution is 2.35. The molecule has 2 aromatic carbocycles. The minimum atomic E-state index is 0.468. The molecule has 3 heteroatoms. The molecule has 0 radical (unpaired) electrons. The third-order valence-corrected chi connectivity index (χ3v) is 5.27. The molecule has 4 aromatic rings. The van der Waals surface area contributed by atoms with Crippen molar-refractivity contribution in [3.63, 3.8) is 0 Å². The molecule has 118 valence electrons. The summed E-state index contributed by atoms with van der Waals surface area (Å²) in [5.74, 6) is 0.468. The van der Waals surface area contributed by atoms with Crippen molar-refractivity contribution in [3.8, 4) is 11.1 Å². The van der Waals surface area contributed by atoms with Crippen LogP contribution in [-0.2, 0) is 0 Å². The number of pyridine rings is 2. The van der Waals surface area contributed by atoms with E-state index in [4.69, 9.17) is 0 Å². The van der Waals surface area contributed by atoms with Crippen LogP contribution < -0.4 is 0 Å². The van der Waals surface area contributed by atoms with Crippen LogP contribution in [0.1, 0.15) is 25.3 Å². The molecule has 24 heavy (non-hydrogen) atoms. The van der Waals surface area contributed by atoms with Crippen LogP contribution in [0.4, 0.5) is 0 Å². The molecule has 2 heterocycles. The molecule has 2 nitrogen and oxygen atoms in total. The van der Waals surface area contributed by atoms with E-state index >= 15 is 0 Å². The smallest absolute Gasteiger partial charge is 0.0713 e. The minimum Gasteiger partial charge on any atom is -0.256 e. The summed E-state index contributed by atoms with van der Waals surface area (Å²) in [6.07, 6.45) is 3.77. The van der Waals surface area contributed by atoms with Crippen LogP contribution in [0.25, 0.3) is 32.9 Å². The zero-order valence-electron chi connectivity index (χ0n) is 13.6. The lowest BCUT2D eigenvalue weighted by atomic mass is 9.96. The van der Waals surface area contributed by atoms with Crippen LogP contribution in [0.5, 0.6) is 0 Å². The Morgan fingerprint density at radius 1 is 0.875 bits per heavy atom. The molecule has 0 N–H and O–H groups in total. The van der Waals surface area contributed by atoms with Crippen LogP contribution in [0.15, 0.2) is 65.4 Å². The van der Waals surface area contributed by atoms with Crippen molar-refractivity contribution in [2.75, 3.05) is 0 Å². The summed E-state index contributed by atoms with van der Waals surface area (Å²) in [5, 5.41) is 2.34. The second-order valence-electron chi connectivity index (χ2n) is 6.29. The molecule has 0 aliphatic heterocycles. The number of halogens is 1. The number of hydrogen-bond acceptors (Lipinski definition) is 2. The van der Waals surface area contributed by atoms with E-state index < -0.39 is 0 Å². The Hall–Kier alpha value is -2.26. The fourth-order valence-corrected chi connectivity index (χ4v) is 3.86.